The lowest BCUT2D eigenvalue weighted by Gasteiger charge is -2.18. The second-order valence-corrected chi connectivity index (χ2v) is 4.67. The minimum absolute atomic E-state index is 0.389. The highest BCUT2D eigenvalue weighted by Gasteiger charge is 2.09. The second-order valence-electron chi connectivity index (χ2n) is 4.67. The molecule has 0 fully saturated rings. The van der Waals surface area contributed by atoms with Crippen LogP contribution in [0.15, 0.2) is 12.4 Å². The fourth-order valence-corrected chi connectivity index (χ4v) is 1.98. The number of aromatic nitrogens is 2. The Balaban J connectivity index is 2.16. The van der Waals surface area contributed by atoms with Gasteiger partial charge in [-0.15, -0.1) is 0 Å². The first-order chi connectivity index (χ1) is 7.74. The third-order valence-corrected chi connectivity index (χ3v) is 3.04. The number of nitrogens with one attached hydrogen (secondary N) is 2. The molecular weight excluding hydrogens is 198 g/mol. The molecule has 1 aromatic heterocycles. The normalized spacial score (nSPS) is 14.9. The second kappa shape index (κ2) is 7.44. The van der Waals surface area contributed by atoms with Gasteiger partial charge >= 0.3 is 0 Å². The first-order valence-corrected chi connectivity index (χ1v) is 6.48. The topological polar surface area (TPSA) is 40.7 Å². The fourth-order valence-electron chi connectivity index (χ4n) is 1.98. The summed E-state index contributed by atoms with van der Waals surface area (Å²) in [6.07, 6.45) is 10.5. The summed E-state index contributed by atoms with van der Waals surface area (Å²) in [6.45, 7) is 6.71. The maximum atomic E-state index is 3.97. The fraction of sp³-hybridized carbons (Fsp3) is 0.769. The number of nitrogens with zero attached hydrogens (tertiary/aromatic N) is 1. The van der Waals surface area contributed by atoms with Crippen molar-refractivity contribution in [2.75, 3.05) is 0 Å². The molecule has 2 N–H and O–H groups in total. The monoisotopic (exact) mass is 223 g/mol. The summed E-state index contributed by atoms with van der Waals surface area (Å²) < 4.78 is 0. The minimum Gasteiger partial charge on any atom is -0.308 e. The Labute approximate surface area is 99.0 Å². The zero-order valence-electron chi connectivity index (χ0n) is 10.8. The summed E-state index contributed by atoms with van der Waals surface area (Å²) >= 11 is 0. The lowest BCUT2D eigenvalue weighted by Crippen LogP contribution is -2.28. The van der Waals surface area contributed by atoms with Crippen molar-refractivity contribution in [3.8, 4) is 0 Å². The average molecular weight is 223 g/mol. The van der Waals surface area contributed by atoms with E-state index in [1.807, 2.05) is 12.4 Å². The molecule has 0 amide bonds. The summed E-state index contributed by atoms with van der Waals surface area (Å²) in [5, 5.41) is 10.4. The zero-order valence-corrected chi connectivity index (χ0v) is 10.8. The maximum Gasteiger partial charge on any atom is 0.0534 e. The van der Waals surface area contributed by atoms with Crippen LogP contribution in [0.25, 0.3) is 0 Å². The molecule has 0 aliphatic rings. The summed E-state index contributed by atoms with van der Waals surface area (Å²) in [5.74, 6) is 0. The van der Waals surface area contributed by atoms with Gasteiger partial charge in [0.15, 0.2) is 0 Å². The van der Waals surface area contributed by atoms with Crippen molar-refractivity contribution in [2.45, 2.75) is 65.0 Å². The lowest BCUT2D eigenvalue weighted by molar-refractivity contribution is 0.438. The van der Waals surface area contributed by atoms with E-state index in [0.717, 1.165) is 0 Å². The van der Waals surface area contributed by atoms with E-state index in [1.54, 1.807) is 0 Å². The first-order valence-electron chi connectivity index (χ1n) is 6.48. The molecule has 0 saturated carbocycles. The van der Waals surface area contributed by atoms with Crippen molar-refractivity contribution >= 4 is 0 Å². The van der Waals surface area contributed by atoms with Crippen LogP contribution >= 0.6 is 0 Å². The highest BCUT2D eigenvalue weighted by molar-refractivity contribution is 5.08. The summed E-state index contributed by atoms with van der Waals surface area (Å²) in [7, 11) is 0. The number of unbranched alkanes of at least 4 members (excludes halogenated alkanes) is 3. The van der Waals surface area contributed by atoms with E-state index >= 15 is 0 Å². The van der Waals surface area contributed by atoms with E-state index in [9.17, 15) is 0 Å². The predicted molar refractivity (Wildman–Crippen MR) is 68.4 cm³/mol. The molecule has 1 heterocycles. The lowest BCUT2D eigenvalue weighted by atomic mass is 10.1. The summed E-state index contributed by atoms with van der Waals surface area (Å²) in [6, 6.07) is 0.974. The van der Waals surface area contributed by atoms with Crippen LogP contribution < -0.4 is 5.32 Å². The molecule has 16 heavy (non-hydrogen) atoms. The Kier molecular flexibility index (Phi) is 6.16. The van der Waals surface area contributed by atoms with Gasteiger partial charge in [-0.25, -0.2) is 0 Å². The van der Waals surface area contributed by atoms with Gasteiger partial charge in [0.2, 0.25) is 0 Å². The minimum atomic E-state index is 0.389. The average Bonchev–Trinajstić information content (AvgIpc) is 2.77. The quantitative estimate of drug-likeness (QED) is 0.663. The Hall–Kier alpha value is -0.830. The number of H-pyrrole nitrogens is 1. The molecule has 0 aromatic carbocycles. The standard InChI is InChI=1S/C13H25N3/c1-4-5-6-7-8-11(2)16-12(3)13-9-14-15-10-13/h9-12,16H,4-8H2,1-3H3,(H,14,15)/t11-,12+/m1/s1. The van der Waals surface area contributed by atoms with Crippen molar-refractivity contribution in [3.05, 3.63) is 18.0 Å². The summed E-state index contributed by atoms with van der Waals surface area (Å²) in [4.78, 5) is 0. The van der Waals surface area contributed by atoms with E-state index < -0.39 is 0 Å². The maximum absolute atomic E-state index is 3.97. The van der Waals surface area contributed by atoms with E-state index in [1.165, 1.54) is 37.7 Å². The molecular formula is C13H25N3. The molecule has 0 bridgehead atoms. The van der Waals surface area contributed by atoms with Crippen LogP contribution in [-0.4, -0.2) is 16.2 Å². The molecule has 0 spiro atoms. The Morgan fingerprint density at radius 2 is 2.12 bits per heavy atom. The smallest absolute Gasteiger partial charge is 0.0534 e. The van der Waals surface area contributed by atoms with Gasteiger partial charge in [0, 0.05) is 23.8 Å². The van der Waals surface area contributed by atoms with Crippen molar-refractivity contribution in [1.82, 2.24) is 15.5 Å². The van der Waals surface area contributed by atoms with Crippen molar-refractivity contribution in [3.63, 3.8) is 0 Å². The van der Waals surface area contributed by atoms with Crippen LogP contribution in [0.5, 0.6) is 0 Å². The van der Waals surface area contributed by atoms with Crippen molar-refractivity contribution in [2.24, 2.45) is 0 Å². The van der Waals surface area contributed by atoms with Crippen LogP contribution in [0.1, 0.15) is 64.5 Å². The van der Waals surface area contributed by atoms with Gasteiger partial charge in [-0.1, -0.05) is 32.6 Å². The van der Waals surface area contributed by atoms with Crippen LogP contribution in [0.3, 0.4) is 0 Å². The van der Waals surface area contributed by atoms with Crippen LogP contribution in [0.4, 0.5) is 0 Å². The van der Waals surface area contributed by atoms with Crippen molar-refractivity contribution < 1.29 is 0 Å². The van der Waals surface area contributed by atoms with Gasteiger partial charge in [-0.05, 0) is 20.3 Å². The molecule has 0 radical (unpaired) electrons. The molecule has 1 aromatic rings. The van der Waals surface area contributed by atoms with Gasteiger partial charge in [0.05, 0.1) is 6.20 Å². The molecule has 0 saturated heterocycles. The van der Waals surface area contributed by atoms with Gasteiger partial charge in [-0.2, -0.15) is 5.10 Å². The van der Waals surface area contributed by atoms with Gasteiger partial charge < -0.3 is 5.32 Å². The highest BCUT2D eigenvalue weighted by atomic mass is 15.1. The number of hydrogen-bond acceptors (Lipinski definition) is 2. The number of aromatic amines is 1. The van der Waals surface area contributed by atoms with E-state index in [-0.39, 0.29) is 0 Å². The van der Waals surface area contributed by atoms with Crippen LogP contribution in [-0.2, 0) is 0 Å². The number of rotatable bonds is 8. The molecule has 3 nitrogen and oxygen atoms in total. The SMILES string of the molecule is CCCCCC[C@@H](C)N[C@@H](C)c1cn[nH]c1. The van der Waals surface area contributed by atoms with Gasteiger partial charge in [0.25, 0.3) is 0 Å². The Morgan fingerprint density at radius 1 is 1.31 bits per heavy atom. The molecule has 0 aliphatic heterocycles. The van der Waals surface area contributed by atoms with Gasteiger partial charge in [-0.3, -0.25) is 5.10 Å². The molecule has 92 valence electrons. The third kappa shape index (κ3) is 4.79. The van der Waals surface area contributed by atoms with Crippen LogP contribution in [0, 0.1) is 0 Å². The van der Waals surface area contributed by atoms with Crippen LogP contribution in [0.2, 0.25) is 0 Å². The van der Waals surface area contributed by atoms with Gasteiger partial charge in [0.1, 0.15) is 0 Å². The van der Waals surface area contributed by atoms with E-state index in [0.29, 0.717) is 12.1 Å². The highest BCUT2D eigenvalue weighted by Crippen LogP contribution is 2.12. The summed E-state index contributed by atoms with van der Waals surface area (Å²) in [5.41, 5.74) is 1.24. The number of hydrogen-bond donors (Lipinski definition) is 2. The largest absolute Gasteiger partial charge is 0.308 e. The first kappa shape index (κ1) is 13.2. The van der Waals surface area contributed by atoms with Crippen molar-refractivity contribution in [1.29, 1.82) is 0 Å². The third-order valence-electron chi connectivity index (χ3n) is 3.04. The predicted octanol–water partition coefficient (Wildman–Crippen LogP) is 3.42. The Morgan fingerprint density at radius 3 is 2.75 bits per heavy atom. The molecule has 2 atom stereocenters. The molecule has 0 aliphatic carbocycles. The molecule has 0 unspecified atom stereocenters. The van der Waals surface area contributed by atoms with E-state index in [2.05, 4.69) is 36.3 Å². The zero-order chi connectivity index (χ0) is 11.8. The molecule has 3 heteroatoms. The Bertz CT molecular complexity index is 256. The molecule has 1 rings (SSSR count). The van der Waals surface area contributed by atoms with E-state index in [4.69, 9.17) is 0 Å².